The highest BCUT2D eigenvalue weighted by molar-refractivity contribution is 5.77. The molecule has 5 nitrogen and oxygen atoms in total. The highest BCUT2D eigenvalue weighted by atomic mass is 16.5. The summed E-state index contributed by atoms with van der Waals surface area (Å²) in [4.78, 5) is 20.5. The predicted molar refractivity (Wildman–Crippen MR) is 69.1 cm³/mol. The molecule has 104 valence electrons. The van der Waals surface area contributed by atoms with Crippen LogP contribution in [0.15, 0.2) is 12.4 Å². The molecule has 0 bridgehead atoms. The van der Waals surface area contributed by atoms with Crippen LogP contribution < -0.4 is 0 Å². The van der Waals surface area contributed by atoms with E-state index in [2.05, 4.69) is 9.97 Å². The van der Waals surface area contributed by atoms with Gasteiger partial charge in [-0.25, -0.2) is 0 Å². The van der Waals surface area contributed by atoms with Gasteiger partial charge in [-0.05, 0) is 26.7 Å². The summed E-state index contributed by atoms with van der Waals surface area (Å²) in [6.45, 7) is 3.63. The van der Waals surface area contributed by atoms with E-state index in [9.17, 15) is 9.90 Å². The molecule has 1 heterocycles. The Balaban J connectivity index is 1.98. The van der Waals surface area contributed by atoms with Gasteiger partial charge in [-0.1, -0.05) is 12.8 Å². The first-order valence-corrected chi connectivity index (χ1v) is 6.67. The summed E-state index contributed by atoms with van der Waals surface area (Å²) in [5.41, 5.74) is 0.724. The first-order valence-electron chi connectivity index (χ1n) is 6.67. The van der Waals surface area contributed by atoms with Gasteiger partial charge >= 0.3 is 5.97 Å². The van der Waals surface area contributed by atoms with E-state index in [1.54, 1.807) is 19.3 Å². The average Bonchev–Trinajstić information content (AvgIpc) is 2.88. The van der Waals surface area contributed by atoms with Gasteiger partial charge in [-0.2, -0.15) is 0 Å². The molecular formula is C14H20N2O3. The Labute approximate surface area is 113 Å². The highest BCUT2D eigenvalue weighted by Gasteiger charge is 2.46. The number of rotatable bonds is 4. The molecule has 0 aliphatic heterocycles. The van der Waals surface area contributed by atoms with Crippen molar-refractivity contribution >= 4 is 5.97 Å². The summed E-state index contributed by atoms with van der Waals surface area (Å²) in [5, 5.41) is 9.88. The van der Waals surface area contributed by atoms with Crippen molar-refractivity contribution in [3.63, 3.8) is 0 Å². The summed E-state index contributed by atoms with van der Waals surface area (Å²) in [7, 11) is 0. The summed E-state index contributed by atoms with van der Waals surface area (Å²) in [6.07, 6.45) is 5.89. The van der Waals surface area contributed by atoms with Crippen molar-refractivity contribution in [1.29, 1.82) is 0 Å². The molecule has 1 unspecified atom stereocenters. The molecule has 0 amide bonds. The van der Waals surface area contributed by atoms with Crippen LogP contribution in [0, 0.1) is 12.3 Å². The van der Waals surface area contributed by atoms with Gasteiger partial charge in [-0.15, -0.1) is 0 Å². The largest absolute Gasteiger partial charge is 0.459 e. The van der Waals surface area contributed by atoms with Crippen molar-refractivity contribution in [3.8, 4) is 0 Å². The Morgan fingerprint density at radius 1 is 1.42 bits per heavy atom. The monoisotopic (exact) mass is 264 g/mol. The number of hydrogen-bond acceptors (Lipinski definition) is 5. The summed E-state index contributed by atoms with van der Waals surface area (Å²) in [5.74, 6) is -0.317. The predicted octanol–water partition coefficient (Wildman–Crippen LogP) is 1.77. The van der Waals surface area contributed by atoms with Crippen molar-refractivity contribution < 1.29 is 14.6 Å². The van der Waals surface area contributed by atoms with Gasteiger partial charge in [0.1, 0.15) is 6.61 Å². The minimum atomic E-state index is -0.724. The van der Waals surface area contributed by atoms with E-state index in [1.807, 2.05) is 6.92 Å². The zero-order valence-corrected chi connectivity index (χ0v) is 11.4. The molecule has 0 aromatic carbocycles. The van der Waals surface area contributed by atoms with Crippen LogP contribution in [0.1, 0.15) is 44.0 Å². The maximum Gasteiger partial charge on any atom is 0.315 e. The fraction of sp³-hybridized carbons (Fsp3) is 0.643. The second-order valence-electron chi connectivity index (χ2n) is 5.26. The van der Waals surface area contributed by atoms with Crippen LogP contribution in [-0.2, 0) is 16.1 Å². The van der Waals surface area contributed by atoms with Crippen molar-refractivity contribution in [1.82, 2.24) is 9.97 Å². The Morgan fingerprint density at radius 3 is 2.63 bits per heavy atom. The lowest BCUT2D eigenvalue weighted by molar-refractivity contribution is -0.164. The summed E-state index contributed by atoms with van der Waals surface area (Å²) >= 11 is 0. The second kappa shape index (κ2) is 5.65. The molecule has 1 N–H and O–H groups in total. The lowest BCUT2D eigenvalue weighted by Crippen LogP contribution is -2.39. The van der Waals surface area contributed by atoms with E-state index in [0.29, 0.717) is 18.5 Å². The number of aryl methyl sites for hydroxylation is 1. The van der Waals surface area contributed by atoms with E-state index in [-0.39, 0.29) is 12.6 Å². The number of carbonyl (C=O) groups excluding carboxylic acids is 1. The summed E-state index contributed by atoms with van der Waals surface area (Å²) in [6, 6.07) is 0. The molecule has 1 aliphatic carbocycles. The molecule has 0 spiro atoms. The molecule has 1 atom stereocenters. The zero-order chi connectivity index (χ0) is 13.9. The molecular weight excluding hydrogens is 244 g/mol. The normalized spacial score (nSPS) is 19.1. The van der Waals surface area contributed by atoms with Crippen LogP contribution in [0.4, 0.5) is 0 Å². The summed E-state index contributed by atoms with van der Waals surface area (Å²) < 4.78 is 5.32. The van der Waals surface area contributed by atoms with Gasteiger partial charge < -0.3 is 9.84 Å². The van der Waals surface area contributed by atoms with E-state index in [0.717, 1.165) is 18.5 Å². The smallest absolute Gasteiger partial charge is 0.315 e. The number of carbonyl (C=O) groups is 1. The third kappa shape index (κ3) is 2.92. The third-order valence-electron chi connectivity index (χ3n) is 3.89. The first-order chi connectivity index (χ1) is 9.04. The number of aliphatic hydroxyl groups is 1. The lowest BCUT2D eigenvalue weighted by Gasteiger charge is -2.29. The van der Waals surface area contributed by atoms with Gasteiger partial charge in [0.15, 0.2) is 0 Å². The van der Waals surface area contributed by atoms with Gasteiger partial charge in [0.2, 0.25) is 0 Å². The molecule has 1 aliphatic rings. The number of hydrogen-bond donors (Lipinski definition) is 1. The minimum Gasteiger partial charge on any atom is -0.459 e. The molecule has 19 heavy (non-hydrogen) atoms. The zero-order valence-electron chi connectivity index (χ0n) is 11.4. The fourth-order valence-electron chi connectivity index (χ4n) is 2.58. The average molecular weight is 264 g/mol. The van der Waals surface area contributed by atoms with Gasteiger partial charge in [-0.3, -0.25) is 14.8 Å². The first kappa shape index (κ1) is 13.9. The van der Waals surface area contributed by atoms with Crippen molar-refractivity contribution in [2.45, 2.75) is 52.2 Å². The molecule has 1 fully saturated rings. The van der Waals surface area contributed by atoms with Crippen LogP contribution >= 0.6 is 0 Å². The Hall–Kier alpha value is -1.49. The van der Waals surface area contributed by atoms with E-state index >= 15 is 0 Å². The number of esters is 1. The lowest BCUT2D eigenvalue weighted by atomic mass is 9.81. The van der Waals surface area contributed by atoms with Gasteiger partial charge in [0.25, 0.3) is 0 Å². The van der Waals surface area contributed by atoms with Crippen molar-refractivity contribution in [2.75, 3.05) is 0 Å². The SMILES string of the molecule is Cc1cnc(COC(=O)C2(C(C)O)CCCC2)cn1. The third-order valence-corrected chi connectivity index (χ3v) is 3.89. The van der Waals surface area contributed by atoms with E-state index in [4.69, 9.17) is 4.74 Å². The van der Waals surface area contributed by atoms with Crippen molar-refractivity contribution in [2.24, 2.45) is 5.41 Å². The molecule has 2 rings (SSSR count). The topological polar surface area (TPSA) is 72.3 Å². The molecule has 0 saturated heterocycles. The quantitative estimate of drug-likeness (QED) is 0.839. The van der Waals surface area contributed by atoms with Crippen LogP contribution in [0.2, 0.25) is 0 Å². The van der Waals surface area contributed by atoms with Crippen LogP contribution in [0.5, 0.6) is 0 Å². The Bertz CT molecular complexity index is 437. The maximum absolute atomic E-state index is 12.2. The minimum absolute atomic E-state index is 0.112. The molecule has 1 aromatic rings. The molecule has 1 saturated carbocycles. The number of nitrogens with zero attached hydrogens (tertiary/aromatic N) is 2. The van der Waals surface area contributed by atoms with Crippen molar-refractivity contribution in [3.05, 3.63) is 23.8 Å². The maximum atomic E-state index is 12.2. The fourth-order valence-corrected chi connectivity index (χ4v) is 2.58. The Kier molecular flexibility index (Phi) is 4.14. The molecule has 0 radical (unpaired) electrons. The van der Waals surface area contributed by atoms with Crippen LogP contribution in [0.25, 0.3) is 0 Å². The van der Waals surface area contributed by atoms with Gasteiger partial charge in [0, 0.05) is 6.20 Å². The molecule has 1 aromatic heterocycles. The molecule has 5 heteroatoms. The number of aliphatic hydroxyl groups excluding tert-OH is 1. The van der Waals surface area contributed by atoms with Crippen LogP contribution in [0.3, 0.4) is 0 Å². The van der Waals surface area contributed by atoms with E-state index < -0.39 is 11.5 Å². The Morgan fingerprint density at radius 2 is 2.11 bits per heavy atom. The van der Waals surface area contributed by atoms with E-state index in [1.165, 1.54) is 0 Å². The number of ether oxygens (including phenoxy) is 1. The van der Waals surface area contributed by atoms with Gasteiger partial charge in [0.05, 0.1) is 29.1 Å². The van der Waals surface area contributed by atoms with Crippen LogP contribution in [-0.4, -0.2) is 27.1 Å². The standard InChI is InChI=1S/C14H20N2O3/c1-10-7-16-12(8-15-10)9-19-13(18)14(11(2)17)5-3-4-6-14/h7-8,11,17H,3-6,9H2,1-2H3. The number of aromatic nitrogens is 2. The second-order valence-corrected chi connectivity index (χ2v) is 5.26. The highest BCUT2D eigenvalue weighted by Crippen LogP contribution is 2.42.